The van der Waals surface area contributed by atoms with Crippen LogP contribution in [0.3, 0.4) is 0 Å². The molecule has 1 aliphatic heterocycles. The molecule has 0 aromatic rings. The highest BCUT2D eigenvalue weighted by atomic mass is 16.5. The van der Waals surface area contributed by atoms with Crippen molar-refractivity contribution >= 4 is 5.97 Å². The first-order valence-electron chi connectivity index (χ1n) is 9.60. The maximum atomic E-state index is 11.7. The topological polar surface area (TPSA) is 29.5 Å². The smallest absolute Gasteiger partial charge is 0.306 e. The minimum Gasteiger partial charge on any atom is -0.461 e. The van der Waals surface area contributed by atoms with Crippen LogP contribution in [0.15, 0.2) is 0 Å². The first-order chi connectivity index (χ1) is 10.7. The van der Waals surface area contributed by atoms with Gasteiger partial charge in [0.25, 0.3) is 0 Å². The van der Waals surface area contributed by atoms with Gasteiger partial charge < -0.3 is 9.64 Å². The van der Waals surface area contributed by atoms with Crippen LogP contribution in [0.2, 0.25) is 0 Å². The Kier molecular flexibility index (Phi) is 11.4. The van der Waals surface area contributed by atoms with Crippen molar-refractivity contribution in [3.8, 4) is 0 Å². The molecule has 0 aromatic carbocycles. The molecule has 1 unspecified atom stereocenters. The minimum atomic E-state index is 0.0104. The van der Waals surface area contributed by atoms with Gasteiger partial charge in [-0.1, -0.05) is 71.1 Å². The summed E-state index contributed by atoms with van der Waals surface area (Å²) in [5.74, 6) is 0.0104. The number of likely N-dealkylation sites (tertiary alicyclic amines) is 1. The molecule has 3 heteroatoms. The number of unbranched alkanes of at least 4 members (excludes halogenated alkanes) is 10. The predicted octanol–water partition coefficient (Wildman–Crippen LogP) is 4.93. The number of esters is 1. The Balaban J connectivity index is 1.80. The molecule has 1 aliphatic rings. The van der Waals surface area contributed by atoms with Gasteiger partial charge in [-0.15, -0.1) is 0 Å². The molecule has 1 heterocycles. The molecule has 22 heavy (non-hydrogen) atoms. The second-order valence-electron chi connectivity index (χ2n) is 6.95. The first kappa shape index (κ1) is 19.5. The Morgan fingerprint density at radius 2 is 1.50 bits per heavy atom. The zero-order valence-corrected chi connectivity index (χ0v) is 14.9. The second kappa shape index (κ2) is 12.9. The second-order valence-corrected chi connectivity index (χ2v) is 6.95. The number of carbonyl (C=O) groups excluding carboxylic acids is 1. The fourth-order valence-electron chi connectivity index (χ4n) is 3.17. The van der Waals surface area contributed by atoms with Gasteiger partial charge in [-0.3, -0.25) is 4.79 Å². The lowest BCUT2D eigenvalue weighted by atomic mass is 10.1. The predicted molar refractivity (Wildman–Crippen MR) is 93.1 cm³/mol. The van der Waals surface area contributed by atoms with Crippen molar-refractivity contribution in [3.05, 3.63) is 0 Å². The maximum absolute atomic E-state index is 11.7. The SMILES string of the molecule is CCCCCCCCCCCCCC(=O)OC1CCN(C)C1. The van der Waals surface area contributed by atoms with Crippen molar-refractivity contribution < 1.29 is 9.53 Å². The molecule has 1 saturated heterocycles. The van der Waals surface area contributed by atoms with E-state index in [-0.39, 0.29) is 12.1 Å². The molecule has 0 aromatic heterocycles. The molecular weight excluding hydrogens is 274 g/mol. The average molecular weight is 312 g/mol. The van der Waals surface area contributed by atoms with Gasteiger partial charge in [0.15, 0.2) is 0 Å². The average Bonchev–Trinajstić information content (AvgIpc) is 2.90. The molecule has 1 rings (SSSR count). The number of hydrogen-bond donors (Lipinski definition) is 0. The number of nitrogens with zero attached hydrogens (tertiary/aromatic N) is 1. The van der Waals surface area contributed by atoms with Crippen molar-refractivity contribution in [3.63, 3.8) is 0 Å². The number of likely N-dealkylation sites (N-methyl/N-ethyl adjacent to an activating group) is 1. The van der Waals surface area contributed by atoms with Crippen LogP contribution in [-0.4, -0.2) is 37.1 Å². The third-order valence-electron chi connectivity index (χ3n) is 4.63. The summed E-state index contributed by atoms with van der Waals surface area (Å²) in [6.07, 6.45) is 16.2. The van der Waals surface area contributed by atoms with Crippen LogP contribution in [0.25, 0.3) is 0 Å². The molecule has 0 radical (unpaired) electrons. The Labute approximate surface area is 137 Å². The highest BCUT2D eigenvalue weighted by Gasteiger charge is 2.22. The summed E-state index contributed by atoms with van der Waals surface area (Å²) in [5.41, 5.74) is 0. The van der Waals surface area contributed by atoms with Crippen LogP contribution >= 0.6 is 0 Å². The van der Waals surface area contributed by atoms with Crippen molar-refractivity contribution in [2.45, 2.75) is 96.5 Å². The van der Waals surface area contributed by atoms with E-state index in [0.29, 0.717) is 6.42 Å². The number of hydrogen-bond acceptors (Lipinski definition) is 3. The third kappa shape index (κ3) is 10.2. The van der Waals surface area contributed by atoms with Crippen LogP contribution in [0, 0.1) is 0 Å². The zero-order chi connectivity index (χ0) is 16.0. The Bertz CT molecular complexity index is 281. The van der Waals surface area contributed by atoms with Crippen molar-refractivity contribution in [2.24, 2.45) is 0 Å². The fourth-order valence-corrected chi connectivity index (χ4v) is 3.17. The molecule has 130 valence electrons. The van der Waals surface area contributed by atoms with E-state index in [0.717, 1.165) is 25.9 Å². The lowest BCUT2D eigenvalue weighted by Crippen LogP contribution is -2.22. The van der Waals surface area contributed by atoms with Crippen molar-refractivity contribution in [1.82, 2.24) is 4.90 Å². The molecule has 0 bridgehead atoms. The summed E-state index contributed by atoms with van der Waals surface area (Å²) >= 11 is 0. The van der Waals surface area contributed by atoms with Crippen molar-refractivity contribution in [1.29, 1.82) is 0 Å². The van der Waals surface area contributed by atoms with Crippen LogP contribution < -0.4 is 0 Å². The maximum Gasteiger partial charge on any atom is 0.306 e. The lowest BCUT2D eigenvalue weighted by Gasteiger charge is -2.12. The normalized spacial score (nSPS) is 18.7. The van der Waals surface area contributed by atoms with Gasteiger partial charge in [0.1, 0.15) is 6.10 Å². The molecule has 0 saturated carbocycles. The van der Waals surface area contributed by atoms with E-state index in [1.54, 1.807) is 0 Å². The number of carbonyl (C=O) groups is 1. The molecule has 0 amide bonds. The van der Waals surface area contributed by atoms with Gasteiger partial charge in [0.05, 0.1) is 0 Å². The number of rotatable bonds is 13. The monoisotopic (exact) mass is 311 g/mol. The molecule has 0 N–H and O–H groups in total. The van der Waals surface area contributed by atoms with Crippen molar-refractivity contribution in [2.75, 3.05) is 20.1 Å². The highest BCUT2D eigenvalue weighted by Crippen LogP contribution is 2.14. The summed E-state index contributed by atoms with van der Waals surface area (Å²) < 4.78 is 5.49. The molecule has 1 fully saturated rings. The summed E-state index contributed by atoms with van der Waals surface area (Å²) in [6.45, 7) is 4.22. The highest BCUT2D eigenvalue weighted by molar-refractivity contribution is 5.69. The fraction of sp³-hybridized carbons (Fsp3) is 0.947. The van der Waals surface area contributed by atoms with Gasteiger partial charge in [-0.2, -0.15) is 0 Å². The van der Waals surface area contributed by atoms with Gasteiger partial charge >= 0.3 is 5.97 Å². The Hall–Kier alpha value is -0.570. The number of ether oxygens (including phenoxy) is 1. The van der Waals surface area contributed by atoms with E-state index in [9.17, 15) is 4.79 Å². The molecule has 1 atom stereocenters. The quantitative estimate of drug-likeness (QED) is 0.356. The van der Waals surface area contributed by atoms with E-state index in [1.807, 2.05) is 0 Å². The van der Waals surface area contributed by atoms with E-state index in [2.05, 4.69) is 18.9 Å². The Morgan fingerprint density at radius 3 is 2.00 bits per heavy atom. The molecular formula is C19H37NO2. The minimum absolute atomic E-state index is 0.0104. The van der Waals surface area contributed by atoms with E-state index >= 15 is 0 Å². The van der Waals surface area contributed by atoms with E-state index < -0.39 is 0 Å². The lowest BCUT2D eigenvalue weighted by molar-refractivity contribution is -0.148. The third-order valence-corrected chi connectivity index (χ3v) is 4.63. The largest absolute Gasteiger partial charge is 0.461 e. The summed E-state index contributed by atoms with van der Waals surface area (Å²) in [4.78, 5) is 13.9. The standard InChI is InChI=1S/C19H37NO2/c1-3-4-5-6-7-8-9-10-11-12-13-14-19(21)22-18-15-16-20(2)17-18/h18H,3-17H2,1-2H3. The molecule has 3 nitrogen and oxygen atoms in total. The Morgan fingerprint density at radius 1 is 0.955 bits per heavy atom. The van der Waals surface area contributed by atoms with Gasteiger partial charge in [-0.05, 0) is 19.9 Å². The zero-order valence-electron chi connectivity index (χ0n) is 14.9. The van der Waals surface area contributed by atoms with Gasteiger partial charge in [0.2, 0.25) is 0 Å². The summed E-state index contributed by atoms with van der Waals surface area (Å²) in [6, 6.07) is 0. The first-order valence-corrected chi connectivity index (χ1v) is 9.60. The van der Waals surface area contributed by atoms with Gasteiger partial charge in [0, 0.05) is 19.5 Å². The molecule has 0 aliphatic carbocycles. The summed E-state index contributed by atoms with van der Waals surface area (Å²) in [7, 11) is 2.08. The van der Waals surface area contributed by atoms with E-state index in [4.69, 9.17) is 4.74 Å². The van der Waals surface area contributed by atoms with Crippen LogP contribution in [-0.2, 0) is 9.53 Å². The van der Waals surface area contributed by atoms with Crippen LogP contribution in [0.4, 0.5) is 0 Å². The van der Waals surface area contributed by atoms with Crippen LogP contribution in [0.5, 0.6) is 0 Å². The van der Waals surface area contributed by atoms with E-state index in [1.165, 1.54) is 64.2 Å². The summed E-state index contributed by atoms with van der Waals surface area (Å²) in [5, 5.41) is 0. The van der Waals surface area contributed by atoms with Crippen LogP contribution in [0.1, 0.15) is 90.4 Å². The molecule has 0 spiro atoms. The van der Waals surface area contributed by atoms with Gasteiger partial charge in [-0.25, -0.2) is 0 Å².